The van der Waals surface area contributed by atoms with Crippen LogP contribution in [-0.4, -0.2) is 37.9 Å². The lowest BCUT2D eigenvalue weighted by Crippen LogP contribution is -2.30. The average Bonchev–Trinajstić information content (AvgIpc) is 3.09. The van der Waals surface area contributed by atoms with Crippen LogP contribution < -0.4 is 10.1 Å². The number of ether oxygens (including phenoxy) is 2. The van der Waals surface area contributed by atoms with Crippen LogP contribution in [0.25, 0.3) is 0 Å². The second-order valence-corrected chi connectivity index (χ2v) is 5.33. The molecule has 0 bridgehead atoms. The zero-order valence-corrected chi connectivity index (χ0v) is 13.1. The molecule has 0 fully saturated rings. The maximum Gasteiger partial charge on any atom is 0.255 e. The van der Waals surface area contributed by atoms with E-state index in [-0.39, 0.29) is 25.2 Å². The Kier molecular flexibility index (Phi) is 6.39. The molecule has 1 amide bonds. The number of nitrogens with one attached hydrogen (secondary N) is 1. The number of para-hydroxylation sites is 1. The molecule has 1 aromatic carbocycles. The van der Waals surface area contributed by atoms with Gasteiger partial charge in [-0.15, -0.1) is 0 Å². The fourth-order valence-electron chi connectivity index (χ4n) is 2.04. The third kappa shape index (κ3) is 4.30. The summed E-state index contributed by atoms with van der Waals surface area (Å²) in [6, 6.07) is 9.00. The molecule has 6 heteroatoms. The standard InChI is InChI=1S/C16H19NO4S/c1-20-14-5-3-2-4-13(14)16(19)17-10-15(21-8-7-18)12-6-9-22-11-12/h2-6,9,11,15,18H,7-8,10H2,1H3,(H,17,19)/t15-/m1/s1. The lowest BCUT2D eigenvalue weighted by molar-refractivity contribution is 0.0279. The second-order valence-electron chi connectivity index (χ2n) is 4.55. The van der Waals surface area contributed by atoms with Crippen LogP contribution in [0.5, 0.6) is 5.75 Å². The molecule has 1 aromatic heterocycles. The van der Waals surface area contributed by atoms with Gasteiger partial charge in [-0.1, -0.05) is 12.1 Å². The minimum Gasteiger partial charge on any atom is -0.496 e. The Morgan fingerprint density at radius 2 is 2.18 bits per heavy atom. The van der Waals surface area contributed by atoms with E-state index in [4.69, 9.17) is 14.6 Å². The van der Waals surface area contributed by atoms with Crippen LogP contribution in [0, 0.1) is 0 Å². The Bertz CT molecular complexity index is 586. The number of methoxy groups -OCH3 is 1. The first kappa shape index (κ1) is 16.5. The molecule has 0 aliphatic heterocycles. The molecule has 0 aliphatic carbocycles. The van der Waals surface area contributed by atoms with Gasteiger partial charge < -0.3 is 19.9 Å². The lowest BCUT2D eigenvalue weighted by Gasteiger charge is -2.17. The van der Waals surface area contributed by atoms with Gasteiger partial charge in [0.05, 0.1) is 25.9 Å². The number of aliphatic hydroxyl groups is 1. The molecule has 0 saturated carbocycles. The number of hydrogen-bond donors (Lipinski definition) is 2. The minimum absolute atomic E-state index is 0.0545. The Balaban J connectivity index is 2.01. The highest BCUT2D eigenvalue weighted by molar-refractivity contribution is 7.07. The third-order valence-electron chi connectivity index (χ3n) is 3.12. The van der Waals surface area contributed by atoms with E-state index in [1.807, 2.05) is 22.9 Å². The Hall–Kier alpha value is -1.89. The molecule has 1 heterocycles. The number of thiophene rings is 1. The first-order valence-corrected chi connectivity index (χ1v) is 7.86. The van der Waals surface area contributed by atoms with Crippen molar-refractivity contribution >= 4 is 17.2 Å². The first-order chi connectivity index (χ1) is 10.8. The van der Waals surface area contributed by atoms with Crippen LogP contribution in [-0.2, 0) is 4.74 Å². The maximum absolute atomic E-state index is 12.3. The first-order valence-electron chi connectivity index (χ1n) is 6.92. The van der Waals surface area contributed by atoms with Crippen molar-refractivity contribution in [3.8, 4) is 5.75 Å². The molecule has 22 heavy (non-hydrogen) atoms. The van der Waals surface area contributed by atoms with Crippen molar-refractivity contribution in [3.63, 3.8) is 0 Å². The molecule has 2 aromatic rings. The molecule has 2 rings (SSSR count). The largest absolute Gasteiger partial charge is 0.496 e. The summed E-state index contributed by atoms with van der Waals surface area (Å²) in [4.78, 5) is 12.3. The van der Waals surface area contributed by atoms with Crippen LogP contribution >= 0.6 is 11.3 Å². The predicted octanol–water partition coefficient (Wildman–Crippen LogP) is 2.24. The molecule has 5 nitrogen and oxygen atoms in total. The summed E-state index contributed by atoms with van der Waals surface area (Å²) in [5.41, 5.74) is 1.47. The van der Waals surface area contributed by atoms with E-state index < -0.39 is 0 Å². The molecular formula is C16H19NO4S. The third-order valence-corrected chi connectivity index (χ3v) is 3.83. The van der Waals surface area contributed by atoms with Crippen LogP contribution in [0.2, 0.25) is 0 Å². The van der Waals surface area contributed by atoms with Crippen molar-refractivity contribution in [2.45, 2.75) is 6.10 Å². The smallest absolute Gasteiger partial charge is 0.255 e. The summed E-state index contributed by atoms with van der Waals surface area (Å²) < 4.78 is 10.8. The quantitative estimate of drug-likeness (QED) is 0.782. The van der Waals surface area contributed by atoms with E-state index in [9.17, 15) is 4.79 Å². The maximum atomic E-state index is 12.3. The summed E-state index contributed by atoms with van der Waals surface area (Å²) in [5, 5.41) is 15.7. The zero-order valence-electron chi connectivity index (χ0n) is 12.3. The van der Waals surface area contributed by atoms with E-state index in [0.29, 0.717) is 17.9 Å². The number of benzene rings is 1. The summed E-state index contributed by atoms with van der Waals surface area (Å²) in [7, 11) is 1.53. The van der Waals surface area contributed by atoms with Gasteiger partial charge in [0.2, 0.25) is 0 Å². The normalized spacial score (nSPS) is 11.9. The lowest BCUT2D eigenvalue weighted by atomic mass is 10.1. The van der Waals surface area contributed by atoms with E-state index in [1.54, 1.807) is 29.5 Å². The van der Waals surface area contributed by atoms with E-state index in [1.165, 1.54) is 7.11 Å². The fraction of sp³-hybridized carbons (Fsp3) is 0.312. The number of carbonyl (C=O) groups excluding carboxylic acids is 1. The molecule has 0 unspecified atom stereocenters. The van der Waals surface area contributed by atoms with Crippen LogP contribution in [0.15, 0.2) is 41.1 Å². The van der Waals surface area contributed by atoms with Crippen molar-refractivity contribution < 1.29 is 19.4 Å². The van der Waals surface area contributed by atoms with Gasteiger partial charge in [-0.05, 0) is 34.5 Å². The van der Waals surface area contributed by atoms with Crippen LogP contribution in [0.3, 0.4) is 0 Å². The number of hydrogen-bond acceptors (Lipinski definition) is 5. The molecule has 1 atom stereocenters. The molecule has 0 spiro atoms. The van der Waals surface area contributed by atoms with Gasteiger partial charge in [0, 0.05) is 6.54 Å². The van der Waals surface area contributed by atoms with E-state index in [0.717, 1.165) is 5.56 Å². The highest BCUT2D eigenvalue weighted by Crippen LogP contribution is 2.21. The number of amides is 1. The van der Waals surface area contributed by atoms with E-state index in [2.05, 4.69) is 5.32 Å². The Labute approximate surface area is 133 Å². The molecule has 0 radical (unpaired) electrons. The van der Waals surface area contributed by atoms with Crippen molar-refractivity contribution in [1.82, 2.24) is 5.32 Å². The zero-order chi connectivity index (χ0) is 15.8. The summed E-state index contributed by atoms with van der Waals surface area (Å²) in [5.74, 6) is 0.314. The monoisotopic (exact) mass is 321 g/mol. The average molecular weight is 321 g/mol. The van der Waals surface area contributed by atoms with Crippen LogP contribution in [0.4, 0.5) is 0 Å². The van der Waals surface area contributed by atoms with Crippen molar-refractivity contribution in [2.24, 2.45) is 0 Å². The van der Waals surface area contributed by atoms with Crippen molar-refractivity contribution in [2.75, 3.05) is 26.9 Å². The van der Waals surface area contributed by atoms with Gasteiger partial charge >= 0.3 is 0 Å². The summed E-state index contributed by atoms with van der Waals surface area (Å²) >= 11 is 1.56. The molecular weight excluding hydrogens is 302 g/mol. The van der Waals surface area contributed by atoms with Gasteiger partial charge in [0.15, 0.2) is 0 Å². The number of rotatable bonds is 8. The molecule has 2 N–H and O–H groups in total. The topological polar surface area (TPSA) is 67.8 Å². The molecule has 0 saturated heterocycles. The fourth-order valence-corrected chi connectivity index (χ4v) is 2.74. The molecule has 118 valence electrons. The second kappa shape index (κ2) is 8.53. The van der Waals surface area contributed by atoms with Gasteiger partial charge in [0.25, 0.3) is 5.91 Å². The number of aliphatic hydroxyl groups excluding tert-OH is 1. The van der Waals surface area contributed by atoms with Crippen molar-refractivity contribution in [3.05, 3.63) is 52.2 Å². The highest BCUT2D eigenvalue weighted by Gasteiger charge is 2.16. The minimum atomic E-state index is -0.281. The Morgan fingerprint density at radius 1 is 1.36 bits per heavy atom. The van der Waals surface area contributed by atoms with Gasteiger partial charge in [0.1, 0.15) is 11.9 Å². The van der Waals surface area contributed by atoms with Crippen LogP contribution in [0.1, 0.15) is 22.0 Å². The van der Waals surface area contributed by atoms with E-state index >= 15 is 0 Å². The summed E-state index contributed by atoms with van der Waals surface area (Å²) in [6.07, 6.45) is -0.281. The van der Waals surface area contributed by atoms with Gasteiger partial charge in [-0.2, -0.15) is 11.3 Å². The van der Waals surface area contributed by atoms with Gasteiger partial charge in [-0.3, -0.25) is 4.79 Å². The SMILES string of the molecule is COc1ccccc1C(=O)NC[C@@H](OCCO)c1ccsc1. The van der Waals surface area contributed by atoms with Crippen molar-refractivity contribution in [1.29, 1.82) is 0 Å². The number of carbonyl (C=O) groups is 1. The Morgan fingerprint density at radius 3 is 2.86 bits per heavy atom. The molecule has 0 aliphatic rings. The highest BCUT2D eigenvalue weighted by atomic mass is 32.1. The van der Waals surface area contributed by atoms with Gasteiger partial charge in [-0.25, -0.2) is 0 Å². The predicted molar refractivity (Wildman–Crippen MR) is 85.4 cm³/mol. The summed E-state index contributed by atoms with van der Waals surface area (Å²) in [6.45, 7) is 0.500.